The van der Waals surface area contributed by atoms with Crippen molar-refractivity contribution in [2.24, 2.45) is 9.98 Å². The highest BCUT2D eigenvalue weighted by Crippen LogP contribution is 2.24. The summed E-state index contributed by atoms with van der Waals surface area (Å²) in [7, 11) is 0. The molecule has 0 aliphatic rings. The van der Waals surface area contributed by atoms with E-state index in [2.05, 4.69) is 9.98 Å². The van der Waals surface area contributed by atoms with E-state index in [1.807, 2.05) is 13.0 Å². The van der Waals surface area contributed by atoms with Gasteiger partial charge in [0.2, 0.25) is 0 Å². The number of carbonyl (C=O) groups is 2. The molecule has 0 fully saturated rings. The molecule has 1 rings (SSSR count). The average molecular weight is 202 g/mol. The number of hydrogen-bond acceptors (Lipinski definition) is 4. The zero-order valence-corrected chi connectivity index (χ0v) is 8.25. The van der Waals surface area contributed by atoms with Crippen LogP contribution in [0.25, 0.3) is 0 Å². The normalized spacial score (nSPS) is 11.0. The summed E-state index contributed by atoms with van der Waals surface area (Å²) in [4.78, 5) is 28.0. The number of nitrogens with zero attached hydrogens (tertiary/aromatic N) is 2. The van der Waals surface area contributed by atoms with Gasteiger partial charge in [0.15, 0.2) is 12.6 Å². The van der Waals surface area contributed by atoms with Crippen LogP contribution in [0.1, 0.15) is 5.56 Å². The number of aryl methyl sites for hydroxylation is 1. The van der Waals surface area contributed by atoms with Crippen LogP contribution in [0.15, 0.2) is 28.2 Å². The number of benzene rings is 1. The van der Waals surface area contributed by atoms with Gasteiger partial charge in [0.1, 0.15) is 0 Å². The van der Waals surface area contributed by atoms with E-state index in [0.717, 1.165) is 11.8 Å². The number of hydrogen-bond donors (Lipinski definition) is 0. The Morgan fingerprint density at radius 1 is 1.07 bits per heavy atom. The summed E-state index contributed by atoms with van der Waals surface area (Å²) in [5, 5.41) is 0. The molecule has 0 atom stereocenters. The van der Waals surface area contributed by atoms with Gasteiger partial charge < -0.3 is 0 Å². The van der Waals surface area contributed by atoms with E-state index in [1.54, 1.807) is 12.1 Å². The molecular formula is C11H10N2O2. The minimum absolute atomic E-state index is 0.605. The van der Waals surface area contributed by atoms with Crippen LogP contribution in [0, 0.1) is 6.92 Å². The van der Waals surface area contributed by atoms with Gasteiger partial charge in [0.25, 0.3) is 0 Å². The first-order valence-electron chi connectivity index (χ1n) is 4.34. The Kier molecular flexibility index (Phi) is 4.09. The standard InChI is InChI=1S/C11H10N2O2/c1-9-2-3-10(12-4-6-14)8-11(9)13-5-7-15/h2-8H,1H3. The third-order valence-corrected chi connectivity index (χ3v) is 1.75. The highest BCUT2D eigenvalue weighted by molar-refractivity contribution is 6.14. The Labute approximate surface area is 87.4 Å². The quantitative estimate of drug-likeness (QED) is 0.552. The summed E-state index contributed by atoms with van der Waals surface area (Å²) in [6.45, 7) is 1.88. The molecule has 0 amide bonds. The topological polar surface area (TPSA) is 58.9 Å². The number of carbonyl (C=O) groups excluding carboxylic acids is 2. The highest BCUT2D eigenvalue weighted by Gasteiger charge is 1.96. The fourth-order valence-electron chi connectivity index (χ4n) is 1.04. The van der Waals surface area contributed by atoms with Crippen molar-refractivity contribution in [1.29, 1.82) is 0 Å². The molecule has 15 heavy (non-hydrogen) atoms. The average Bonchev–Trinajstić information content (AvgIpc) is 2.26. The molecule has 0 saturated carbocycles. The Bertz CT molecular complexity index is 423. The maximum absolute atomic E-state index is 10.1. The van der Waals surface area contributed by atoms with Gasteiger partial charge in [0.05, 0.1) is 23.8 Å². The maximum atomic E-state index is 10.1. The van der Waals surface area contributed by atoms with E-state index in [1.165, 1.54) is 6.21 Å². The summed E-state index contributed by atoms with van der Waals surface area (Å²) in [5.74, 6) is 0. The van der Waals surface area contributed by atoms with Gasteiger partial charge in [-0.1, -0.05) is 6.07 Å². The predicted octanol–water partition coefficient (Wildman–Crippen LogP) is 1.80. The largest absolute Gasteiger partial charge is 0.297 e. The molecule has 1 aromatic carbocycles. The maximum Gasteiger partial charge on any atom is 0.161 e. The summed E-state index contributed by atoms with van der Waals surface area (Å²) in [6.07, 6.45) is 3.56. The second-order valence-corrected chi connectivity index (χ2v) is 2.80. The van der Waals surface area contributed by atoms with Crippen molar-refractivity contribution in [3.63, 3.8) is 0 Å². The van der Waals surface area contributed by atoms with Crippen LogP contribution in [0.2, 0.25) is 0 Å². The molecule has 0 aliphatic heterocycles. The van der Waals surface area contributed by atoms with E-state index >= 15 is 0 Å². The molecule has 0 aliphatic carbocycles. The van der Waals surface area contributed by atoms with Gasteiger partial charge in [-0.05, 0) is 24.6 Å². The van der Waals surface area contributed by atoms with E-state index in [9.17, 15) is 9.59 Å². The molecule has 1 aromatic rings. The van der Waals surface area contributed by atoms with Crippen LogP contribution in [0.5, 0.6) is 0 Å². The molecule has 0 spiro atoms. The van der Waals surface area contributed by atoms with Gasteiger partial charge in [-0.3, -0.25) is 19.6 Å². The van der Waals surface area contributed by atoms with Crippen LogP contribution < -0.4 is 0 Å². The van der Waals surface area contributed by atoms with Crippen molar-refractivity contribution < 1.29 is 9.59 Å². The second kappa shape index (κ2) is 5.59. The summed E-state index contributed by atoms with van der Waals surface area (Å²) in [5.41, 5.74) is 2.24. The molecular weight excluding hydrogens is 192 g/mol. The lowest BCUT2D eigenvalue weighted by Crippen LogP contribution is -1.78. The number of rotatable bonds is 4. The fraction of sp³-hybridized carbons (Fsp3) is 0.0909. The van der Waals surface area contributed by atoms with Crippen molar-refractivity contribution in [3.8, 4) is 0 Å². The third kappa shape index (κ3) is 3.27. The second-order valence-electron chi connectivity index (χ2n) is 2.80. The van der Waals surface area contributed by atoms with Crippen molar-refractivity contribution >= 4 is 36.4 Å². The van der Waals surface area contributed by atoms with E-state index < -0.39 is 0 Å². The predicted molar refractivity (Wildman–Crippen MR) is 59.6 cm³/mol. The van der Waals surface area contributed by atoms with Crippen molar-refractivity contribution in [2.75, 3.05) is 0 Å². The molecule has 0 aromatic heterocycles. The minimum Gasteiger partial charge on any atom is -0.297 e. The monoisotopic (exact) mass is 202 g/mol. The van der Waals surface area contributed by atoms with Gasteiger partial charge in [-0.15, -0.1) is 0 Å². The Hall–Kier alpha value is -2.10. The van der Waals surface area contributed by atoms with Crippen molar-refractivity contribution in [3.05, 3.63) is 23.8 Å². The van der Waals surface area contributed by atoms with Crippen LogP contribution in [0.3, 0.4) is 0 Å². The van der Waals surface area contributed by atoms with Gasteiger partial charge >= 0.3 is 0 Å². The van der Waals surface area contributed by atoms with Crippen LogP contribution in [-0.2, 0) is 9.59 Å². The van der Waals surface area contributed by atoms with Crippen LogP contribution >= 0.6 is 0 Å². The molecule has 0 N–H and O–H groups in total. The SMILES string of the molecule is Cc1ccc(N=CC=O)cc1N=CC=O. The summed E-state index contributed by atoms with van der Waals surface area (Å²) >= 11 is 0. The molecule has 0 bridgehead atoms. The fourth-order valence-corrected chi connectivity index (χ4v) is 1.04. The van der Waals surface area contributed by atoms with E-state index in [4.69, 9.17) is 0 Å². The Morgan fingerprint density at radius 2 is 1.73 bits per heavy atom. The molecule has 0 saturated heterocycles. The molecule has 76 valence electrons. The molecule has 4 heteroatoms. The zero-order chi connectivity index (χ0) is 11.1. The van der Waals surface area contributed by atoms with E-state index in [0.29, 0.717) is 23.9 Å². The van der Waals surface area contributed by atoms with Gasteiger partial charge in [-0.2, -0.15) is 0 Å². The van der Waals surface area contributed by atoms with Crippen molar-refractivity contribution in [2.45, 2.75) is 6.92 Å². The number of aldehydes is 2. The number of aliphatic imine (C=N–C) groups is 2. The third-order valence-electron chi connectivity index (χ3n) is 1.75. The lowest BCUT2D eigenvalue weighted by Gasteiger charge is -2.00. The van der Waals surface area contributed by atoms with Gasteiger partial charge in [0, 0.05) is 0 Å². The molecule has 0 heterocycles. The Balaban J connectivity index is 3.04. The van der Waals surface area contributed by atoms with E-state index in [-0.39, 0.29) is 0 Å². The first kappa shape index (κ1) is 11.0. The first-order valence-corrected chi connectivity index (χ1v) is 4.34. The van der Waals surface area contributed by atoms with Crippen LogP contribution in [0.4, 0.5) is 11.4 Å². The molecule has 0 unspecified atom stereocenters. The highest BCUT2D eigenvalue weighted by atomic mass is 16.1. The van der Waals surface area contributed by atoms with Crippen molar-refractivity contribution in [1.82, 2.24) is 0 Å². The lowest BCUT2D eigenvalue weighted by molar-refractivity contribution is -0.103. The summed E-state index contributed by atoms with van der Waals surface area (Å²) < 4.78 is 0. The smallest absolute Gasteiger partial charge is 0.161 e. The Morgan fingerprint density at radius 3 is 2.40 bits per heavy atom. The molecule has 4 nitrogen and oxygen atoms in total. The lowest BCUT2D eigenvalue weighted by atomic mass is 10.2. The molecule has 0 radical (unpaired) electrons. The van der Waals surface area contributed by atoms with Gasteiger partial charge in [-0.25, -0.2) is 0 Å². The van der Waals surface area contributed by atoms with Crippen LogP contribution in [-0.4, -0.2) is 25.0 Å². The summed E-state index contributed by atoms with van der Waals surface area (Å²) in [6, 6.07) is 5.31. The zero-order valence-electron chi connectivity index (χ0n) is 8.25. The first-order chi connectivity index (χ1) is 7.27. The minimum atomic E-state index is 0.605.